The van der Waals surface area contributed by atoms with Crippen molar-refractivity contribution in [3.63, 3.8) is 0 Å². The normalized spacial score (nSPS) is 14.7. The zero-order valence-corrected chi connectivity index (χ0v) is 20.4. The van der Waals surface area contributed by atoms with E-state index in [1.807, 2.05) is 38.1 Å². The Morgan fingerprint density at radius 3 is 2.44 bits per heavy atom. The summed E-state index contributed by atoms with van der Waals surface area (Å²) in [5.41, 5.74) is 1.03. The summed E-state index contributed by atoms with van der Waals surface area (Å²) in [6.45, 7) is 6.53. The zero-order chi connectivity index (χ0) is 23.3. The van der Waals surface area contributed by atoms with Crippen LogP contribution in [0.25, 0.3) is 0 Å². The van der Waals surface area contributed by atoms with E-state index in [1.165, 1.54) is 18.2 Å². The van der Waals surface area contributed by atoms with Gasteiger partial charge in [0, 0.05) is 43.4 Å². The fraction of sp³-hybridized carbons (Fsp3) is 0.409. The molecule has 1 fully saturated rings. The molecule has 1 N–H and O–H groups in total. The molecule has 7 nitrogen and oxygen atoms in total. The number of carbonyl (C=O) groups is 1. The summed E-state index contributed by atoms with van der Waals surface area (Å²) in [5.74, 6) is 0.295. The number of anilines is 1. The van der Waals surface area contributed by atoms with E-state index in [9.17, 15) is 13.2 Å². The molecule has 0 atom stereocenters. The quantitative estimate of drug-likeness (QED) is 0.599. The third kappa shape index (κ3) is 6.51. The first-order valence-electron chi connectivity index (χ1n) is 10.4. The van der Waals surface area contributed by atoms with Crippen LogP contribution in [0.2, 0.25) is 10.0 Å². The molecule has 2 aromatic carbocycles. The van der Waals surface area contributed by atoms with E-state index in [0.717, 1.165) is 5.69 Å². The molecule has 0 unspecified atom stereocenters. The molecule has 3 rings (SSSR count). The van der Waals surface area contributed by atoms with Gasteiger partial charge >= 0.3 is 0 Å². The Morgan fingerprint density at radius 2 is 1.81 bits per heavy atom. The summed E-state index contributed by atoms with van der Waals surface area (Å²) >= 11 is 12.3. The molecule has 0 radical (unpaired) electrons. The second kappa shape index (κ2) is 10.7. The number of hydrogen-bond donors (Lipinski definition) is 1. The maximum atomic E-state index is 12.6. The molecule has 0 aromatic heterocycles. The van der Waals surface area contributed by atoms with Gasteiger partial charge in [0.1, 0.15) is 5.75 Å². The summed E-state index contributed by atoms with van der Waals surface area (Å²) in [6, 6.07) is 11.9. The molecule has 1 saturated heterocycles. The van der Waals surface area contributed by atoms with Gasteiger partial charge < -0.3 is 14.5 Å². The van der Waals surface area contributed by atoms with Gasteiger partial charge in [0.05, 0.1) is 9.92 Å². The highest BCUT2D eigenvalue weighted by atomic mass is 35.5. The predicted octanol–water partition coefficient (Wildman–Crippen LogP) is 3.66. The van der Waals surface area contributed by atoms with Crippen LogP contribution in [0, 0.1) is 5.92 Å². The number of ether oxygens (including phenoxy) is 1. The first-order chi connectivity index (χ1) is 15.2. The maximum Gasteiger partial charge on any atom is 0.260 e. The van der Waals surface area contributed by atoms with Crippen molar-refractivity contribution in [2.75, 3.05) is 44.2 Å². The van der Waals surface area contributed by atoms with Gasteiger partial charge in [-0.1, -0.05) is 43.1 Å². The van der Waals surface area contributed by atoms with Crippen LogP contribution in [-0.2, 0) is 14.8 Å². The average molecular weight is 500 g/mol. The number of carbonyl (C=O) groups excluding carboxylic acids is 1. The maximum absolute atomic E-state index is 12.6. The van der Waals surface area contributed by atoms with E-state index in [1.54, 1.807) is 4.90 Å². The number of benzene rings is 2. The lowest BCUT2D eigenvalue weighted by atomic mass is 10.2. The molecular formula is C22H27Cl2N3O4S. The van der Waals surface area contributed by atoms with Crippen LogP contribution in [0.5, 0.6) is 5.75 Å². The summed E-state index contributed by atoms with van der Waals surface area (Å²) < 4.78 is 32.8. The SMILES string of the molecule is CC(C)CNS(=O)(=O)c1ccc(OCC(=O)N2CCN(c3cccc(Cl)c3)CC2)c(Cl)c1. The van der Waals surface area contributed by atoms with E-state index >= 15 is 0 Å². The van der Waals surface area contributed by atoms with Crippen molar-refractivity contribution in [1.82, 2.24) is 9.62 Å². The molecule has 2 aromatic rings. The van der Waals surface area contributed by atoms with Gasteiger partial charge in [-0.3, -0.25) is 4.79 Å². The highest BCUT2D eigenvalue weighted by Crippen LogP contribution is 2.27. The Morgan fingerprint density at radius 1 is 1.09 bits per heavy atom. The van der Waals surface area contributed by atoms with Crippen molar-refractivity contribution in [1.29, 1.82) is 0 Å². The van der Waals surface area contributed by atoms with Crippen LogP contribution in [0.3, 0.4) is 0 Å². The summed E-state index contributed by atoms with van der Waals surface area (Å²) in [5, 5.41) is 0.816. The number of sulfonamides is 1. The van der Waals surface area contributed by atoms with Crippen LogP contribution in [0.4, 0.5) is 5.69 Å². The lowest BCUT2D eigenvalue weighted by Crippen LogP contribution is -2.50. The van der Waals surface area contributed by atoms with Gasteiger partial charge in [0.15, 0.2) is 6.61 Å². The van der Waals surface area contributed by atoms with E-state index < -0.39 is 10.0 Å². The first-order valence-corrected chi connectivity index (χ1v) is 12.6. The van der Waals surface area contributed by atoms with Gasteiger partial charge in [0.2, 0.25) is 10.0 Å². The summed E-state index contributed by atoms with van der Waals surface area (Å²) in [6.07, 6.45) is 0. The standard InChI is InChI=1S/C22H27Cl2N3O4S/c1-16(2)14-25-32(29,30)19-6-7-21(20(24)13-19)31-15-22(28)27-10-8-26(9-11-27)18-5-3-4-17(23)12-18/h3-7,12-13,16,25H,8-11,14-15H2,1-2H3. The lowest BCUT2D eigenvalue weighted by Gasteiger charge is -2.36. The number of rotatable bonds is 8. The number of piperazine rings is 1. The number of nitrogens with zero attached hydrogens (tertiary/aromatic N) is 2. The Balaban J connectivity index is 1.53. The van der Waals surface area contributed by atoms with Crippen molar-refractivity contribution in [3.8, 4) is 5.75 Å². The lowest BCUT2D eigenvalue weighted by molar-refractivity contribution is -0.133. The molecule has 1 amide bonds. The van der Waals surface area contributed by atoms with E-state index in [0.29, 0.717) is 37.7 Å². The third-order valence-corrected chi connectivity index (χ3v) is 7.00. The average Bonchev–Trinajstić information content (AvgIpc) is 2.77. The molecule has 0 saturated carbocycles. The molecule has 10 heteroatoms. The molecule has 0 bridgehead atoms. The highest BCUT2D eigenvalue weighted by molar-refractivity contribution is 7.89. The second-order valence-electron chi connectivity index (χ2n) is 7.97. The summed E-state index contributed by atoms with van der Waals surface area (Å²) in [4.78, 5) is 16.5. The third-order valence-electron chi connectivity index (χ3n) is 5.05. The minimum absolute atomic E-state index is 0.0546. The zero-order valence-electron chi connectivity index (χ0n) is 18.1. The second-order valence-corrected chi connectivity index (χ2v) is 10.6. The summed E-state index contributed by atoms with van der Waals surface area (Å²) in [7, 11) is -3.65. The molecule has 1 aliphatic rings. The van der Waals surface area contributed by atoms with Gasteiger partial charge in [-0.25, -0.2) is 13.1 Å². The van der Waals surface area contributed by atoms with E-state index in [-0.39, 0.29) is 34.1 Å². The van der Waals surface area contributed by atoms with Crippen LogP contribution in [0.15, 0.2) is 47.4 Å². The number of hydrogen-bond acceptors (Lipinski definition) is 5. The van der Waals surface area contributed by atoms with Crippen LogP contribution in [-0.4, -0.2) is 58.6 Å². The minimum Gasteiger partial charge on any atom is -0.482 e. The molecular weight excluding hydrogens is 473 g/mol. The van der Waals surface area contributed by atoms with Gasteiger partial charge in [-0.05, 0) is 42.3 Å². The minimum atomic E-state index is -3.65. The van der Waals surface area contributed by atoms with Crippen molar-refractivity contribution < 1.29 is 17.9 Å². The van der Waals surface area contributed by atoms with Gasteiger partial charge in [-0.2, -0.15) is 0 Å². The monoisotopic (exact) mass is 499 g/mol. The first kappa shape index (κ1) is 24.6. The molecule has 174 valence electrons. The molecule has 32 heavy (non-hydrogen) atoms. The fourth-order valence-corrected chi connectivity index (χ4v) is 4.97. The van der Waals surface area contributed by atoms with Crippen molar-refractivity contribution in [3.05, 3.63) is 52.5 Å². The predicted molar refractivity (Wildman–Crippen MR) is 127 cm³/mol. The van der Waals surface area contributed by atoms with E-state index in [2.05, 4.69) is 9.62 Å². The molecule has 1 aliphatic heterocycles. The number of halogens is 2. The Labute approximate surface area is 199 Å². The van der Waals surface area contributed by atoms with Gasteiger partial charge in [-0.15, -0.1) is 0 Å². The number of amides is 1. The Hall–Kier alpha value is -2.00. The number of nitrogens with one attached hydrogen (secondary N) is 1. The van der Waals surface area contributed by atoms with Crippen molar-refractivity contribution in [2.45, 2.75) is 18.7 Å². The van der Waals surface area contributed by atoms with Crippen LogP contribution in [0.1, 0.15) is 13.8 Å². The van der Waals surface area contributed by atoms with Crippen LogP contribution < -0.4 is 14.4 Å². The van der Waals surface area contributed by atoms with Crippen molar-refractivity contribution in [2.24, 2.45) is 5.92 Å². The van der Waals surface area contributed by atoms with Gasteiger partial charge in [0.25, 0.3) is 5.91 Å². The topological polar surface area (TPSA) is 78.9 Å². The highest BCUT2D eigenvalue weighted by Gasteiger charge is 2.22. The smallest absolute Gasteiger partial charge is 0.260 e. The molecule has 1 heterocycles. The largest absolute Gasteiger partial charge is 0.482 e. The van der Waals surface area contributed by atoms with Crippen molar-refractivity contribution >= 4 is 44.8 Å². The molecule has 0 spiro atoms. The fourth-order valence-electron chi connectivity index (χ4n) is 3.24. The van der Waals surface area contributed by atoms with E-state index in [4.69, 9.17) is 27.9 Å². The Bertz CT molecular complexity index is 1050. The Kier molecular flexibility index (Phi) is 8.27. The molecule has 0 aliphatic carbocycles. The van der Waals surface area contributed by atoms with Crippen LogP contribution >= 0.6 is 23.2 Å².